The summed E-state index contributed by atoms with van der Waals surface area (Å²) in [5, 5.41) is 10.8. The number of fused-ring (bicyclic) bond motifs is 2. The molecule has 3 saturated carbocycles. The molecule has 0 heterocycles. The van der Waals surface area contributed by atoms with Crippen molar-refractivity contribution in [2.45, 2.75) is 83.2 Å². The Bertz CT molecular complexity index is 757. The van der Waals surface area contributed by atoms with Crippen molar-refractivity contribution in [3.63, 3.8) is 0 Å². The number of aldehydes is 1. The minimum Gasteiger partial charge on any atom is -0.392 e. The second-order valence-corrected chi connectivity index (χ2v) is 11.5. The zero-order chi connectivity index (χ0) is 26.1. The Labute approximate surface area is 209 Å². The summed E-state index contributed by atoms with van der Waals surface area (Å²) in [4.78, 5) is 25.8. The number of carbonyl (C=O) groups excluding carboxylic acids is 2. The van der Waals surface area contributed by atoms with Crippen molar-refractivity contribution in [3.8, 4) is 0 Å². The third-order valence-electron chi connectivity index (χ3n) is 9.31. The highest BCUT2D eigenvalue weighted by molar-refractivity contribution is 5.90. The molecular formula is C26H44O9. The Kier molecular flexibility index (Phi) is 8.84. The number of hydrogen-bond donors (Lipinski definition) is 1. The number of rotatable bonds is 13. The molecule has 0 aromatic carbocycles. The summed E-state index contributed by atoms with van der Waals surface area (Å²) in [6.07, 6.45) is 2.38. The molecule has 3 fully saturated rings. The highest BCUT2D eigenvalue weighted by atomic mass is 16.7. The minimum atomic E-state index is -0.989. The normalized spacial score (nSPS) is 40.1. The summed E-state index contributed by atoms with van der Waals surface area (Å²) in [5.74, 6) is -0.797. The molecule has 1 N–H and O–H groups in total. The number of aliphatic hydroxyl groups excluding tert-OH is 1. The molecular weight excluding hydrogens is 456 g/mol. The first-order chi connectivity index (χ1) is 16.5. The van der Waals surface area contributed by atoms with Crippen LogP contribution < -0.4 is 0 Å². The fourth-order valence-electron chi connectivity index (χ4n) is 7.50. The van der Waals surface area contributed by atoms with Gasteiger partial charge in [-0.05, 0) is 45.4 Å². The van der Waals surface area contributed by atoms with Crippen molar-refractivity contribution in [2.24, 2.45) is 28.6 Å². The Morgan fingerprint density at radius 3 is 2.26 bits per heavy atom. The number of aliphatic hydroxyl groups is 1. The lowest BCUT2D eigenvalue weighted by molar-refractivity contribution is -0.230. The Hall–Kier alpha value is -0.940. The zero-order valence-corrected chi connectivity index (χ0v) is 22.3. The Morgan fingerprint density at radius 1 is 1.06 bits per heavy atom. The van der Waals surface area contributed by atoms with Crippen LogP contribution in [0, 0.1) is 28.6 Å². The highest BCUT2D eigenvalue weighted by Gasteiger charge is 2.70. The van der Waals surface area contributed by atoms with Gasteiger partial charge in [-0.3, -0.25) is 4.79 Å². The topological polar surface area (TPSA) is 110 Å². The maximum Gasteiger partial charge on any atom is 0.147 e. The molecule has 2 bridgehead atoms. The molecule has 9 nitrogen and oxygen atoms in total. The summed E-state index contributed by atoms with van der Waals surface area (Å²) in [7, 11) is 4.70. The average Bonchev–Trinajstić information content (AvgIpc) is 3.11. The molecule has 0 saturated heterocycles. The smallest absolute Gasteiger partial charge is 0.147 e. The number of ketones is 1. The molecule has 35 heavy (non-hydrogen) atoms. The van der Waals surface area contributed by atoms with Crippen LogP contribution in [0.25, 0.3) is 0 Å². The van der Waals surface area contributed by atoms with Gasteiger partial charge in [0.2, 0.25) is 0 Å². The molecule has 0 spiro atoms. The first-order valence-corrected chi connectivity index (χ1v) is 12.5. The van der Waals surface area contributed by atoms with Gasteiger partial charge in [0, 0.05) is 50.4 Å². The third-order valence-corrected chi connectivity index (χ3v) is 9.31. The summed E-state index contributed by atoms with van der Waals surface area (Å²) in [6, 6.07) is 0. The van der Waals surface area contributed by atoms with Crippen LogP contribution in [0.3, 0.4) is 0 Å². The van der Waals surface area contributed by atoms with Gasteiger partial charge in [-0.1, -0.05) is 13.8 Å². The second-order valence-electron chi connectivity index (χ2n) is 11.5. The van der Waals surface area contributed by atoms with Crippen molar-refractivity contribution in [2.75, 3.05) is 41.7 Å². The number of hydrogen-bond acceptors (Lipinski definition) is 9. The fourth-order valence-corrected chi connectivity index (χ4v) is 7.50. The minimum absolute atomic E-state index is 0.00502. The molecule has 3 rings (SSSR count). The van der Waals surface area contributed by atoms with Crippen LogP contribution in [-0.4, -0.2) is 82.3 Å². The van der Waals surface area contributed by atoms with Gasteiger partial charge in [0.1, 0.15) is 32.4 Å². The predicted octanol–water partition coefficient (Wildman–Crippen LogP) is 2.72. The average molecular weight is 501 g/mol. The first-order valence-electron chi connectivity index (χ1n) is 12.5. The fraction of sp³-hybridized carbons (Fsp3) is 0.923. The van der Waals surface area contributed by atoms with Gasteiger partial charge in [-0.15, -0.1) is 0 Å². The van der Waals surface area contributed by atoms with Gasteiger partial charge in [-0.25, -0.2) is 0 Å². The van der Waals surface area contributed by atoms with Crippen LogP contribution in [0.2, 0.25) is 0 Å². The van der Waals surface area contributed by atoms with Crippen LogP contribution in [0.1, 0.15) is 59.8 Å². The van der Waals surface area contributed by atoms with Gasteiger partial charge in [0.25, 0.3) is 0 Å². The number of methoxy groups -OCH3 is 3. The van der Waals surface area contributed by atoms with E-state index in [9.17, 15) is 14.7 Å². The molecule has 3 aliphatic carbocycles. The predicted molar refractivity (Wildman–Crippen MR) is 126 cm³/mol. The van der Waals surface area contributed by atoms with E-state index in [1.54, 1.807) is 35.2 Å². The molecule has 9 heteroatoms. The van der Waals surface area contributed by atoms with Crippen LogP contribution in [0.15, 0.2) is 0 Å². The van der Waals surface area contributed by atoms with E-state index in [1.807, 2.05) is 6.92 Å². The van der Waals surface area contributed by atoms with Crippen molar-refractivity contribution >= 4 is 12.1 Å². The van der Waals surface area contributed by atoms with Crippen LogP contribution in [0.4, 0.5) is 0 Å². The number of ether oxygens (including phenoxy) is 6. The van der Waals surface area contributed by atoms with E-state index in [-0.39, 0.29) is 50.5 Å². The van der Waals surface area contributed by atoms with Gasteiger partial charge in [0.15, 0.2) is 0 Å². The third kappa shape index (κ3) is 4.74. The van der Waals surface area contributed by atoms with Crippen molar-refractivity contribution < 1.29 is 43.1 Å². The Morgan fingerprint density at radius 2 is 1.71 bits per heavy atom. The van der Waals surface area contributed by atoms with E-state index < -0.39 is 34.1 Å². The summed E-state index contributed by atoms with van der Waals surface area (Å²) in [6.45, 7) is 7.77. The standard InChI is InChI=1S/C26H44O9/c1-23(2)20(28)12-18(21(23)29)25(4,35-16-32-7)19-9-8-17-22(33-14-30-5)26(19,10-11-27)13-24(17,3)34-15-31-6/h11,17-20,22,28H,8-10,12-16H2,1-7H3/t17-,18-,19+,20+,22-,24-,25+,26+/m1/s1. The van der Waals surface area contributed by atoms with Crippen molar-refractivity contribution in [1.29, 1.82) is 0 Å². The van der Waals surface area contributed by atoms with E-state index in [4.69, 9.17) is 28.4 Å². The van der Waals surface area contributed by atoms with E-state index >= 15 is 0 Å². The van der Waals surface area contributed by atoms with E-state index in [2.05, 4.69) is 6.92 Å². The Balaban J connectivity index is 2.12. The molecule has 0 aliphatic heterocycles. The molecule has 0 radical (unpaired) electrons. The monoisotopic (exact) mass is 500 g/mol. The summed E-state index contributed by atoms with van der Waals surface area (Å²) < 4.78 is 34.8. The zero-order valence-electron chi connectivity index (χ0n) is 22.3. The lowest BCUT2D eigenvalue weighted by Gasteiger charge is -2.54. The van der Waals surface area contributed by atoms with E-state index in [1.165, 1.54) is 0 Å². The lowest BCUT2D eigenvalue weighted by Crippen LogP contribution is -2.59. The summed E-state index contributed by atoms with van der Waals surface area (Å²) >= 11 is 0. The second kappa shape index (κ2) is 10.8. The first kappa shape index (κ1) is 28.6. The van der Waals surface area contributed by atoms with Crippen molar-refractivity contribution in [1.82, 2.24) is 0 Å². The molecule has 3 aliphatic rings. The van der Waals surface area contributed by atoms with E-state index in [0.29, 0.717) is 12.8 Å². The highest BCUT2D eigenvalue weighted by Crippen LogP contribution is 2.66. The van der Waals surface area contributed by atoms with Crippen LogP contribution >= 0.6 is 0 Å². The molecule has 0 unspecified atom stereocenters. The maximum atomic E-state index is 13.6. The maximum absolute atomic E-state index is 13.6. The number of Topliss-reactive ketones (excluding diaryl/α,β-unsaturated/α-hetero) is 1. The lowest BCUT2D eigenvalue weighted by atomic mass is 9.56. The van der Waals surface area contributed by atoms with Gasteiger partial charge >= 0.3 is 0 Å². The largest absolute Gasteiger partial charge is 0.392 e. The quantitative estimate of drug-likeness (QED) is 0.301. The molecule has 0 aromatic rings. The van der Waals surface area contributed by atoms with Crippen LogP contribution in [-0.2, 0) is 38.0 Å². The number of carbonyl (C=O) groups is 2. The summed E-state index contributed by atoms with van der Waals surface area (Å²) in [5.41, 5.74) is -3.12. The van der Waals surface area contributed by atoms with Crippen LogP contribution in [0.5, 0.6) is 0 Å². The molecule has 8 atom stereocenters. The molecule has 0 amide bonds. The SMILES string of the molecule is COCO[C@@H]1[C@H]2CC[C@@H]([C@@](C)(OCOC)[C@@H]3C[C@H](O)C(C)(C)C3=O)[C@]1(CC=O)C[C@@]2(C)OCOC. The molecule has 0 aromatic heterocycles. The van der Waals surface area contributed by atoms with E-state index in [0.717, 1.165) is 19.1 Å². The molecule has 202 valence electrons. The van der Waals surface area contributed by atoms with Gasteiger partial charge in [-0.2, -0.15) is 0 Å². The van der Waals surface area contributed by atoms with Crippen molar-refractivity contribution in [3.05, 3.63) is 0 Å². The van der Waals surface area contributed by atoms with Gasteiger partial charge < -0.3 is 38.3 Å². The van der Waals surface area contributed by atoms with Gasteiger partial charge in [0.05, 0.1) is 23.4 Å².